The van der Waals surface area contributed by atoms with Crippen molar-refractivity contribution in [3.63, 3.8) is 0 Å². The summed E-state index contributed by atoms with van der Waals surface area (Å²) in [7, 11) is 1.20. The average molecular weight is 794 g/mol. The van der Waals surface area contributed by atoms with E-state index in [0.717, 1.165) is 118 Å². The molecule has 3 aromatic carbocycles. The molecule has 0 fully saturated rings. The van der Waals surface area contributed by atoms with E-state index in [1.807, 2.05) is 0 Å². The zero-order valence-electron chi connectivity index (χ0n) is 30.1. The van der Waals surface area contributed by atoms with Gasteiger partial charge in [0.15, 0.2) is 0 Å². The van der Waals surface area contributed by atoms with Gasteiger partial charge in [0, 0.05) is 141 Å². The minimum Gasteiger partial charge on any atom is -0.346 e. The van der Waals surface area contributed by atoms with E-state index in [1.165, 1.54) is 40.5 Å². The Bertz CT molecular complexity index is 1090. The molecular formula is C38H60N8Ni2O3+2. The first kappa shape index (κ1) is 45.4. The van der Waals surface area contributed by atoms with E-state index in [0.29, 0.717) is 0 Å². The predicted octanol–water partition coefficient (Wildman–Crippen LogP) is 1.15. The first-order valence-corrected chi connectivity index (χ1v) is 17.9. The van der Waals surface area contributed by atoms with E-state index in [-0.39, 0.29) is 33.0 Å². The summed E-state index contributed by atoms with van der Waals surface area (Å²) < 4.78 is 3.86. The maximum Gasteiger partial charge on any atom is 2.00 e. The van der Waals surface area contributed by atoms with E-state index < -0.39 is 6.48 Å². The molecule has 0 spiro atoms. The van der Waals surface area contributed by atoms with E-state index in [1.54, 1.807) is 0 Å². The molecule has 3 aromatic rings. The van der Waals surface area contributed by atoms with Crippen molar-refractivity contribution in [2.75, 3.05) is 85.6 Å². The standard InChI is InChI=1S/C36H54N8.C2H6O3.2Ni/c1-4-31-22-32(5-1)26-38-11-17-44-19-13-40-28-34-7-2-6-33(23-34)27-39-12-18-43(16-10-37-25-31)20-14-41-29-35-8-3-9-36(24-35)30-42-15-21-44;1-5-2(3)4;;/h1-9,22-24,37-42H,10-21,25-30H2;2-4H,1H3;;/q;;;+2. The van der Waals surface area contributed by atoms with Gasteiger partial charge in [-0.15, -0.1) is 0 Å². The first-order valence-electron chi connectivity index (χ1n) is 17.9. The van der Waals surface area contributed by atoms with Gasteiger partial charge in [0.05, 0.1) is 0 Å². The molecule has 0 unspecified atom stereocenters. The third-order valence-electron chi connectivity index (χ3n) is 8.79. The molecular weight excluding hydrogens is 734 g/mol. The Kier molecular flexibility index (Phi) is 24.7. The van der Waals surface area contributed by atoms with Crippen molar-refractivity contribution in [2.45, 2.75) is 45.7 Å². The molecule has 8 bridgehead atoms. The van der Waals surface area contributed by atoms with Gasteiger partial charge in [-0.25, -0.2) is 0 Å². The molecule has 3 aliphatic rings. The largest absolute Gasteiger partial charge is 2.00 e. The minimum absolute atomic E-state index is 0. The number of rotatable bonds is 1. The molecule has 0 amide bonds. The van der Waals surface area contributed by atoms with Gasteiger partial charge in [-0.3, -0.25) is 9.80 Å². The van der Waals surface area contributed by atoms with Crippen LogP contribution < -0.4 is 31.9 Å². The number of ether oxygens (including phenoxy) is 1. The summed E-state index contributed by atoms with van der Waals surface area (Å²) in [6.07, 6.45) is 0. The topological polar surface area (TPSA) is 128 Å². The van der Waals surface area contributed by atoms with Gasteiger partial charge in [-0.1, -0.05) is 72.8 Å². The van der Waals surface area contributed by atoms with E-state index >= 15 is 0 Å². The second-order valence-electron chi connectivity index (χ2n) is 12.8. The second kappa shape index (κ2) is 27.8. The van der Waals surface area contributed by atoms with Crippen molar-refractivity contribution in [3.05, 3.63) is 106 Å². The number of methoxy groups -OCH3 is 1. The molecule has 8 N–H and O–H groups in total. The van der Waals surface area contributed by atoms with Crippen molar-refractivity contribution >= 4 is 0 Å². The molecule has 6 rings (SSSR count). The third-order valence-corrected chi connectivity index (χ3v) is 8.79. The number of aliphatic hydroxyl groups excluding tert-OH is 1. The van der Waals surface area contributed by atoms with Crippen LogP contribution in [0.5, 0.6) is 0 Å². The summed E-state index contributed by atoms with van der Waals surface area (Å²) in [5, 5.41) is 37.6. The Hall–Kier alpha value is -1.79. The van der Waals surface area contributed by atoms with Crippen molar-refractivity contribution in [2.24, 2.45) is 0 Å². The number of nitrogens with one attached hydrogen (secondary N) is 6. The van der Waals surface area contributed by atoms with Gasteiger partial charge < -0.3 is 46.9 Å². The minimum atomic E-state index is -1.62. The summed E-state index contributed by atoms with van der Waals surface area (Å²) >= 11 is 0. The molecule has 0 aliphatic carbocycles. The van der Waals surface area contributed by atoms with Crippen molar-refractivity contribution in [1.82, 2.24) is 41.7 Å². The predicted molar refractivity (Wildman–Crippen MR) is 198 cm³/mol. The Morgan fingerprint density at radius 3 is 0.843 bits per heavy atom. The average Bonchev–Trinajstić information content (AvgIpc) is 3.11. The SMILES string of the molecule is COC(O)O.[Ni+2].[Ni].c1cc2cc(c1)CNCCN1CCNCc3cccc(c3)CNCCN(CCNC2)CCNCc2cccc(c2)CNCC1. The summed E-state index contributed by atoms with van der Waals surface area (Å²) in [4.78, 5) is 5.16. The quantitative estimate of drug-likeness (QED) is 0.134. The number of benzene rings is 3. The number of fused-ring (bicyclic) bond motifs is 18. The molecule has 0 atom stereocenters. The Morgan fingerprint density at radius 1 is 0.471 bits per heavy atom. The third kappa shape index (κ3) is 19.7. The van der Waals surface area contributed by atoms with E-state index in [4.69, 9.17) is 10.2 Å². The van der Waals surface area contributed by atoms with Crippen LogP contribution in [0.4, 0.5) is 0 Å². The van der Waals surface area contributed by atoms with E-state index in [9.17, 15) is 0 Å². The maximum absolute atomic E-state index is 7.69. The fourth-order valence-electron chi connectivity index (χ4n) is 6.04. The van der Waals surface area contributed by atoms with Crippen molar-refractivity contribution < 1.29 is 47.9 Å². The molecule has 0 aromatic heterocycles. The normalized spacial score (nSPS) is 20.5. The summed E-state index contributed by atoms with van der Waals surface area (Å²) in [5.74, 6) is 0. The van der Waals surface area contributed by atoms with Crippen LogP contribution in [0.1, 0.15) is 33.4 Å². The van der Waals surface area contributed by atoms with E-state index in [2.05, 4.69) is 119 Å². The van der Waals surface area contributed by atoms with Crippen LogP contribution in [0.15, 0.2) is 72.8 Å². The number of hydrogen-bond donors (Lipinski definition) is 8. The first-order chi connectivity index (χ1) is 24.1. The van der Waals surface area contributed by atoms with Crippen LogP contribution in [0.2, 0.25) is 0 Å². The Morgan fingerprint density at radius 2 is 0.667 bits per heavy atom. The number of nitrogens with zero attached hydrogens (tertiary/aromatic N) is 2. The van der Waals surface area contributed by atoms with Crippen LogP contribution in [0.25, 0.3) is 0 Å². The molecule has 11 nitrogen and oxygen atoms in total. The van der Waals surface area contributed by atoms with Gasteiger partial charge in [0.25, 0.3) is 6.48 Å². The molecule has 3 aliphatic heterocycles. The van der Waals surface area contributed by atoms with Gasteiger partial charge in [-0.2, -0.15) is 0 Å². The number of aliphatic hydroxyl groups is 2. The maximum atomic E-state index is 7.69. The Balaban J connectivity index is 0.00000120. The molecule has 51 heavy (non-hydrogen) atoms. The van der Waals surface area contributed by atoms with Gasteiger partial charge in [0.2, 0.25) is 0 Å². The zero-order valence-corrected chi connectivity index (χ0v) is 32.0. The molecule has 0 saturated heterocycles. The summed E-state index contributed by atoms with van der Waals surface area (Å²) in [6.45, 7) is 15.8. The number of hydrogen-bond acceptors (Lipinski definition) is 11. The summed E-state index contributed by atoms with van der Waals surface area (Å²) in [5.41, 5.74) is 8.12. The van der Waals surface area contributed by atoms with Gasteiger partial charge >= 0.3 is 16.5 Å². The van der Waals surface area contributed by atoms with Crippen LogP contribution in [0, 0.1) is 0 Å². The van der Waals surface area contributed by atoms with Crippen molar-refractivity contribution in [1.29, 1.82) is 0 Å². The molecule has 0 radical (unpaired) electrons. The van der Waals surface area contributed by atoms with Gasteiger partial charge in [-0.05, 0) is 33.4 Å². The smallest absolute Gasteiger partial charge is 0.346 e. The molecule has 3 heterocycles. The fourth-order valence-corrected chi connectivity index (χ4v) is 6.04. The van der Waals surface area contributed by atoms with Gasteiger partial charge in [0.1, 0.15) is 0 Å². The van der Waals surface area contributed by atoms with Crippen LogP contribution in [-0.2, 0) is 77.0 Å². The Labute approximate surface area is 325 Å². The molecule has 0 saturated carbocycles. The fraction of sp³-hybridized carbons (Fsp3) is 0.526. The van der Waals surface area contributed by atoms with Crippen LogP contribution >= 0.6 is 0 Å². The summed E-state index contributed by atoms with van der Waals surface area (Å²) in [6, 6.07) is 27.0. The van der Waals surface area contributed by atoms with Crippen molar-refractivity contribution in [3.8, 4) is 0 Å². The zero-order chi connectivity index (χ0) is 34.4. The van der Waals surface area contributed by atoms with Crippen LogP contribution in [0.3, 0.4) is 0 Å². The molecule has 288 valence electrons. The second-order valence-corrected chi connectivity index (χ2v) is 12.8. The van der Waals surface area contributed by atoms with Crippen LogP contribution in [-0.4, -0.2) is 112 Å². The molecule has 13 heteroatoms. The monoisotopic (exact) mass is 792 g/mol.